The van der Waals surface area contributed by atoms with E-state index in [9.17, 15) is 9.36 Å². The summed E-state index contributed by atoms with van der Waals surface area (Å²) >= 11 is 0. The van der Waals surface area contributed by atoms with Gasteiger partial charge in [-0.15, -0.1) is 0 Å². The third kappa shape index (κ3) is 4.55. The molecular formula is C14H22NO6P. The van der Waals surface area contributed by atoms with Gasteiger partial charge >= 0.3 is 13.6 Å². The molecule has 1 aromatic carbocycles. The third-order valence-electron chi connectivity index (χ3n) is 2.74. The second kappa shape index (κ2) is 8.29. The number of carbonyl (C=O) groups excluding carboxylic acids is 1. The van der Waals surface area contributed by atoms with Crippen LogP contribution in [0.4, 0.5) is 0 Å². The highest BCUT2D eigenvalue weighted by Gasteiger charge is 2.34. The van der Waals surface area contributed by atoms with Gasteiger partial charge in [-0.05, 0) is 31.5 Å². The lowest BCUT2D eigenvalue weighted by Gasteiger charge is -2.24. The third-order valence-corrected chi connectivity index (χ3v) is 4.96. The van der Waals surface area contributed by atoms with Crippen LogP contribution in [-0.2, 0) is 18.4 Å². The maximum atomic E-state index is 12.7. The molecule has 0 saturated heterocycles. The van der Waals surface area contributed by atoms with Gasteiger partial charge in [0.2, 0.25) is 0 Å². The first-order valence-corrected chi connectivity index (χ1v) is 8.49. The number of nitrogens with two attached hydrogens (primary N) is 1. The second-order valence-electron chi connectivity index (χ2n) is 4.32. The fraction of sp³-hybridized carbons (Fsp3) is 0.500. The van der Waals surface area contributed by atoms with Gasteiger partial charge < -0.3 is 24.3 Å². The molecule has 0 amide bonds. The number of hydrogen-bond acceptors (Lipinski definition) is 7. The van der Waals surface area contributed by atoms with Crippen LogP contribution in [-0.4, -0.2) is 26.3 Å². The average Bonchev–Trinajstić information content (AvgIpc) is 2.47. The Labute approximate surface area is 130 Å². The van der Waals surface area contributed by atoms with Crippen molar-refractivity contribution in [1.82, 2.24) is 0 Å². The summed E-state index contributed by atoms with van der Waals surface area (Å²) in [6, 6.07) is 4.67. The molecule has 0 radical (unpaired) electrons. The molecule has 7 nitrogen and oxygen atoms in total. The summed E-state index contributed by atoms with van der Waals surface area (Å²) in [5.74, 6) is -0.867. The lowest BCUT2D eigenvalue weighted by Crippen LogP contribution is -2.15. The largest absolute Gasteiger partial charge is 0.493 e. The molecule has 2 N–H and O–H groups in total. The van der Waals surface area contributed by atoms with E-state index in [1.807, 2.05) is 0 Å². The first kappa shape index (κ1) is 18.6. The Morgan fingerprint density at radius 3 is 2.27 bits per heavy atom. The van der Waals surface area contributed by atoms with Crippen molar-refractivity contribution in [2.24, 2.45) is 5.73 Å². The topological polar surface area (TPSA) is 97.1 Å². The van der Waals surface area contributed by atoms with Crippen LogP contribution in [0.3, 0.4) is 0 Å². The summed E-state index contributed by atoms with van der Waals surface area (Å²) < 4.78 is 33.3. The minimum atomic E-state index is -3.49. The Hall–Kier alpha value is -1.40. The van der Waals surface area contributed by atoms with Gasteiger partial charge in [0.15, 0.2) is 11.5 Å². The number of benzene rings is 1. The lowest BCUT2D eigenvalue weighted by atomic mass is 10.2. The molecule has 0 fully saturated rings. The van der Waals surface area contributed by atoms with Crippen molar-refractivity contribution in [2.75, 3.05) is 20.3 Å². The highest BCUT2D eigenvalue weighted by atomic mass is 31.2. The van der Waals surface area contributed by atoms with Gasteiger partial charge in [-0.25, -0.2) is 0 Å². The van der Waals surface area contributed by atoms with Crippen molar-refractivity contribution < 1.29 is 27.9 Å². The minimum Gasteiger partial charge on any atom is -0.493 e. The van der Waals surface area contributed by atoms with Crippen molar-refractivity contribution in [3.05, 3.63) is 23.8 Å². The van der Waals surface area contributed by atoms with Gasteiger partial charge in [-0.2, -0.15) is 0 Å². The smallest absolute Gasteiger partial charge is 0.351 e. The predicted octanol–water partition coefficient (Wildman–Crippen LogP) is 2.84. The van der Waals surface area contributed by atoms with E-state index in [2.05, 4.69) is 0 Å². The summed E-state index contributed by atoms with van der Waals surface area (Å²) in [5.41, 5.74) is 6.54. The standard InChI is InChI=1S/C14H22NO6P/c1-5-19-22(17,20-6-2)14(15)11-7-8-12(21-10(3)16)13(9-11)18-4/h7-9,14H,5-6,15H2,1-4H3/t14-/m0/s1. The van der Waals surface area contributed by atoms with Crippen molar-refractivity contribution in [3.8, 4) is 11.5 Å². The van der Waals surface area contributed by atoms with Crippen LogP contribution < -0.4 is 15.2 Å². The van der Waals surface area contributed by atoms with Crippen LogP contribution in [0.15, 0.2) is 18.2 Å². The molecular weight excluding hydrogens is 309 g/mol. The Balaban J connectivity index is 3.14. The van der Waals surface area contributed by atoms with Crippen molar-refractivity contribution in [1.29, 1.82) is 0 Å². The van der Waals surface area contributed by atoms with Gasteiger partial charge in [0.05, 0.1) is 20.3 Å². The van der Waals surface area contributed by atoms with Crippen LogP contribution >= 0.6 is 7.60 Å². The molecule has 1 atom stereocenters. The van der Waals surface area contributed by atoms with E-state index in [-0.39, 0.29) is 19.0 Å². The van der Waals surface area contributed by atoms with Gasteiger partial charge in [0, 0.05) is 6.92 Å². The number of esters is 1. The highest BCUT2D eigenvalue weighted by Crippen LogP contribution is 2.58. The maximum Gasteiger partial charge on any atom is 0.351 e. The molecule has 0 aliphatic carbocycles. The van der Waals surface area contributed by atoms with E-state index in [0.717, 1.165) is 0 Å². The van der Waals surface area contributed by atoms with Crippen molar-refractivity contribution in [3.63, 3.8) is 0 Å². The number of ether oxygens (including phenoxy) is 2. The Bertz CT molecular complexity index is 552. The molecule has 0 aliphatic rings. The Kier molecular flexibility index (Phi) is 7.03. The average molecular weight is 331 g/mol. The Morgan fingerprint density at radius 2 is 1.82 bits per heavy atom. The summed E-state index contributed by atoms with van der Waals surface area (Å²) in [4.78, 5) is 11.0. The molecule has 0 bridgehead atoms. The highest BCUT2D eigenvalue weighted by molar-refractivity contribution is 7.54. The summed E-state index contributed by atoms with van der Waals surface area (Å²) in [6.07, 6.45) is 0. The normalized spacial score (nSPS) is 12.8. The zero-order chi connectivity index (χ0) is 16.8. The summed E-state index contributed by atoms with van der Waals surface area (Å²) in [5, 5.41) is 0. The van der Waals surface area contributed by atoms with Crippen LogP contribution in [0.25, 0.3) is 0 Å². The maximum absolute atomic E-state index is 12.7. The fourth-order valence-corrected chi connectivity index (χ4v) is 3.49. The molecule has 0 unspecified atom stereocenters. The minimum absolute atomic E-state index is 0.216. The summed E-state index contributed by atoms with van der Waals surface area (Å²) in [6.45, 7) is 5.14. The van der Waals surface area contributed by atoms with E-state index in [1.54, 1.807) is 26.0 Å². The SMILES string of the molecule is CCOP(=O)(OCC)[C@H](N)c1ccc(OC(C)=O)c(OC)c1. The molecule has 0 aromatic heterocycles. The zero-order valence-electron chi connectivity index (χ0n) is 13.2. The number of rotatable bonds is 8. The van der Waals surface area contributed by atoms with E-state index in [4.69, 9.17) is 24.3 Å². The Morgan fingerprint density at radius 1 is 1.23 bits per heavy atom. The van der Waals surface area contributed by atoms with E-state index in [1.165, 1.54) is 20.1 Å². The van der Waals surface area contributed by atoms with E-state index >= 15 is 0 Å². The molecule has 22 heavy (non-hydrogen) atoms. The fourth-order valence-electron chi connectivity index (χ4n) is 1.85. The first-order chi connectivity index (χ1) is 10.4. The molecule has 8 heteroatoms. The number of methoxy groups -OCH3 is 1. The molecule has 124 valence electrons. The molecule has 1 rings (SSSR count). The van der Waals surface area contributed by atoms with Gasteiger partial charge in [0.25, 0.3) is 0 Å². The quantitative estimate of drug-likeness (QED) is 0.444. The van der Waals surface area contributed by atoms with Crippen molar-refractivity contribution in [2.45, 2.75) is 26.6 Å². The molecule has 0 heterocycles. The molecule has 0 aliphatic heterocycles. The lowest BCUT2D eigenvalue weighted by molar-refractivity contribution is -0.132. The predicted molar refractivity (Wildman–Crippen MR) is 82.1 cm³/mol. The number of hydrogen-bond donors (Lipinski definition) is 1. The van der Waals surface area contributed by atoms with Crippen LogP contribution in [0, 0.1) is 0 Å². The first-order valence-electron chi connectivity index (χ1n) is 6.88. The molecule has 0 saturated carbocycles. The van der Waals surface area contributed by atoms with Gasteiger partial charge in [-0.3, -0.25) is 9.36 Å². The molecule has 0 spiro atoms. The summed E-state index contributed by atoms with van der Waals surface area (Å²) in [7, 11) is -2.06. The monoisotopic (exact) mass is 331 g/mol. The van der Waals surface area contributed by atoms with Crippen LogP contribution in [0.1, 0.15) is 32.1 Å². The van der Waals surface area contributed by atoms with Crippen molar-refractivity contribution >= 4 is 13.6 Å². The van der Waals surface area contributed by atoms with E-state index in [0.29, 0.717) is 11.3 Å². The molecule has 1 aromatic rings. The van der Waals surface area contributed by atoms with Crippen LogP contribution in [0.2, 0.25) is 0 Å². The second-order valence-corrected chi connectivity index (χ2v) is 6.48. The number of carbonyl (C=O) groups is 1. The van der Waals surface area contributed by atoms with Crippen LogP contribution in [0.5, 0.6) is 11.5 Å². The van der Waals surface area contributed by atoms with Gasteiger partial charge in [-0.1, -0.05) is 6.07 Å². The van der Waals surface area contributed by atoms with E-state index < -0.39 is 19.3 Å². The zero-order valence-corrected chi connectivity index (χ0v) is 14.1. The van der Waals surface area contributed by atoms with Gasteiger partial charge in [0.1, 0.15) is 5.78 Å².